The van der Waals surface area contributed by atoms with Crippen LogP contribution < -0.4 is 5.32 Å². The summed E-state index contributed by atoms with van der Waals surface area (Å²) in [5.41, 5.74) is 1.87. The second-order valence-electron chi connectivity index (χ2n) is 5.06. The zero-order chi connectivity index (χ0) is 13.0. The topological polar surface area (TPSA) is 21.3 Å². The molecular weight excluding hydrogens is 229 g/mol. The number of halogens is 1. The molecule has 0 aliphatic carbocycles. The first-order chi connectivity index (χ1) is 8.70. The molecule has 1 saturated heterocycles. The lowest BCUT2D eigenvalue weighted by Crippen LogP contribution is -2.19. The summed E-state index contributed by atoms with van der Waals surface area (Å²) in [5, 5.41) is 3.31. The molecule has 1 fully saturated rings. The summed E-state index contributed by atoms with van der Waals surface area (Å²) in [4.78, 5) is 0. The summed E-state index contributed by atoms with van der Waals surface area (Å²) < 4.78 is 18.9. The Balaban J connectivity index is 1.96. The number of rotatable bonds is 5. The van der Waals surface area contributed by atoms with E-state index in [4.69, 9.17) is 4.74 Å². The van der Waals surface area contributed by atoms with Crippen LogP contribution in [0.25, 0.3) is 0 Å². The molecule has 1 aliphatic heterocycles. The third kappa shape index (κ3) is 3.30. The van der Waals surface area contributed by atoms with Crippen molar-refractivity contribution in [1.29, 1.82) is 0 Å². The Hall–Kier alpha value is -0.930. The van der Waals surface area contributed by atoms with Crippen LogP contribution in [0.1, 0.15) is 42.9 Å². The van der Waals surface area contributed by atoms with E-state index >= 15 is 0 Å². The summed E-state index contributed by atoms with van der Waals surface area (Å²) in [6.07, 6.45) is 4.89. The van der Waals surface area contributed by atoms with E-state index in [1.54, 1.807) is 6.07 Å². The summed E-state index contributed by atoms with van der Waals surface area (Å²) in [5.74, 6) is -0.132. The van der Waals surface area contributed by atoms with E-state index in [0.29, 0.717) is 11.7 Å². The summed E-state index contributed by atoms with van der Waals surface area (Å²) in [6.45, 7) is 2.72. The molecule has 2 unspecified atom stereocenters. The van der Waals surface area contributed by atoms with Crippen molar-refractivity contribution in [2.45, 2.75) is 44.8 Å². The quantitative estimate of drug-likeness (QED) is 0.866. The van der Waals surface area contributed by atoms with Gasteiger partial charge in [0.1, 0.15) is 5.82 Å². The Kier molecular flexibility index (Phi) is 4.72. The SMILES string of the molecule is CNC(CCC1CCCO1)c1ccc(F)c(C)c1. The molecule has 100 valence electrons. The Morgan fingerprint density at radius 1 is 1.50 bits per heavy atom. The van der Waals surface area contributed by atoms with E-state index in [0.717, 1.165) is 25.0 Å². The summed E-state index contributed by atoms with van der Waals surface area (Å²) in [7, 11) is 1.96. The van der Waals surface area contributed by atoms with Gasteiger partial charge < -0.3 is 10.1 Å². The molecule has 2 atom stereocenters. The minimum atomic E-state index is -0.132. The Morgan fingerprint density at radius 3 is 2.94 bits per heavy atom. The molecule has 1 heterocycles. The van der Waals surface area contributed by atoms with Crippen LogP contribution in [0.2, 0.25) is 0 Å². The Bertz CT molecular complexity index is 388. The highest BCUT2D eigenvalue weighted by Crippen LogP contribution is 2.24. The van der Waals surface area contributed by atoms with E-state index in [1.165, 1.54) is 12.8 Å². The molecular formula is C15H22FNO. The minimum Gasteiger partial charge on any atom is -0.378 e. The number of hydrogen-bond donors (Lipinski definition) is 1. The van der Waals surface area contributed by atoms with Crippen molar-refractivity contribution in [3.63, 3.8) is 0 Å². The van der Waals surface area contributed by atoms with Crippen molar-refractivity contribution in [3.8, 4) is 0 Å². The smallest absolute Gasteiger partial charge is 0.126 e. The predicted octanol–water partition coefficient (Wildman–Crippen LogP) is 3.35. The maximum atomic E-state index is 13.3. The molecule has 1 aromatic rings. The first kappa shape index (κ1) is 13.5. The molecule has 1 N–H and O–H groups in total. The van der Waals surface area contributed by atoms with Gasteiger partial charge in [-0.1, -0.05) is 12.1 Å². The fourth-order valence-electron chi connectivity index (χ4n) is 2.59. The highest BCUT2D eigenvalue weighted by atomic mass is 19.1. The zero-order valence-electron chi connectivity index (χ0n) is 11.2. The first-order valence-electron chi connectivity index (χ1n) is 6.75. The van der Waals surface area contributed by atoms with Crippen molar-refractivity contribution in [2.24, 2.45) is 0 Å². The van der Waals surface area contributed by atoms with E-state index in [1.807, 2.05) is 26.1 Å². The van der Waals surface area contributed by atoms with Gasteiger partial charge in [0.25, 0.3) is 0 Å². The van der Waals surface area contributed by atoms with Crippen LogP contribution in [0.3, 0.4) is 0 Å². The fourth-order valence-corrected chi connectivity index (χ4v) is 2.59. The molecule has 1 aromatic carbocycles. The third-order valence-electron chi connectivity index (χ3n) is 3.73. The molecule has 0 spiro atoms. The van der Waals surface area contributed by atoms with Crippen LogP contribution in [0.15, 0.2) is 18.2 Å². The van der Waals surface area contributed by atoms with Gasteiger partial charge in [-0.2, -0.15) is 0 Å². The van der Waals surface area contributed by atoms with E-state index < -0.39 is 0 Å². The molecule has 1 aliphatic rings. The van der Waals surface area contributed by atoms with Gasteiger partial charge >= 0.3 is 0 Å². The van der Waals surface area contributed by atoms with Crippen LogP contribution in [-0.4, -0.2) is 19.8 Å². The number of benzene rings is 1. The van der Waals surface area contributed by atoms with Crippen LogP contribution in [0.5, 0.6) is 0 Å². The fraction of sp³-hybridized carbons (Fsp3) is 0.600. The normalized spacial score (nSPS) is 21.2. The average Bonchev–Trinajstić information content (AvgIpc) is 2.87. The second kappa shape index (κ2) is 6.30. The van der Waals surface area contributed by atoms with Crippen molar-refractivity contribution in [2.75, 3.05) is 13.7 Å². The van der Waals surface area contributed by atoms with Gasteiger partial charge in [0.2, 0.25) is 0 Å². The van der Waals surface area contributed by atoms with Crippen LogP contribution >= 0.6 is 0 Å². The van der Waals surface area contributed by atoms with Gasteiger partial charge in [0, 0.05) is 12.6 Å². The maximum absolute atomic E-state index is 13.3. The third-order valence-corrected chi connectivity index (χ3v) is 3.73. The van der Waals surface area contributed by atoms with Crippen molar-refractivity contribution < 1.29 is 9.13 Å². The molecule has 0 amide bonds. The molecule has 3 heteroatoms. The Morgan fingerprint density at radius 2 is 2.33 bits per heavy atom. The lowest BCUT2D eigenvalue weighted by atomic mass is 9.98. The highest BCUT2D eigenvalue weighted by molar-refractivity contribution is 5.26. The van der Waals surface area contributed by atoms with Crippen LogP contribution in [0, 0.1) is 12.7 Å². The minimum absolute atomic E-state index is 0.132. The monoisotopic (exact) mass is 251 g/mol. The molecule has 2 rings (SSSR count). The maximum Gasteiger partial charge on any atom is 0.126 e. The van der Waals surface area contributed by atoms with E-state index in [2.05, 4.69) is 5.32 Å². The summed E-state index contributed by atoms with van der Waals surface area (Å²) >= 11 is 0. The van der Waals surface area contributed by atoms with Gasteiger partial charge in [0.05, 0.1) is 6.10 Å². The number of nitrogens with one attached hydrogen (secondary N) is 1. The van der Waals surface area contributed by atoms with Crippen LogP contribution in [-0.2, 0) is 4.74 Å². The van der Waals surface area contributed by atoms with E-state index in [-0.39, 0.29) is 11.9 Å². The van der Waals surface area contributed by atoms with Gasteiger partial charge in [-0.05, 0) is 56.8 Å². The van der Waals surface area contributed by atoms with Crippen molar-refractivity contribution >= 4 is 0 Å². The highest BCUT2D eigenvalue weighted by Gasteiger charge is 2.18. The number of ether oxygens (including phenoxy) is 1. The van der Waals surface area contributed by atoms with Gasteiger partial charge in [0.15, 0.2) is 0 Å². The lowest BCUT2D eigenvalue weighted by Gasteiger charge is -2.19. The van der Waals surface area contributed by atoms with Crippen molar-refractivity contribution in [3.05, 3.63) is 35.1 Å². The van der Waals surface area contributed by atoms with E-state index in [9.17, 15) is 4.39 Å². The first-order valence-corrected chi connectivity index (χ1v) is 6.75. The lowest BCUT2D eigenvalue weighted by molar-refractivity contribution is 0.0998. The molecule has 0 radical (unpaired) electrons. The largest absolute Gasteiger partial charge is 0.378 e. The molecule has 2 nitrogen and oxygen atoms in total. The van der Waals surface area contributed by atoms with Gasteiger partial charge in [-0.15, -0.1) is 0 Å². The van der Waals surface area contributed by atoms with Gasteiger partial charge in [-0.3, -0.25) is 0 Å². The molecule has 18 heavy (non-hydrogen) atoms. The average molecular weight is 251 g/mol. The Labute approximate surface area is 109 Å². The predicted molar refractivity (Wildman–Crippen MR) is 71.1 cm³/mol. The molecule has 0 aromatic heterocycles. The van der Waals surface area contributed by atoms with Gasteiger partial charge in [-0.25, -0.2) is 4.39 Å². The van der Waals surface area contributed by atoms with Crippen molar-refractivity contribution in [1.82, 2.24) is 5.32 Å². The number of aryl methyl sites for hydroxylation is 1. The molecule has 0 saturated carbocycles. The number of hydrogen-bond acceptors (Lipinski definition) is 2. The standard InChI is InChI=1S/C15H22FNO/c1-11-10-12(5-7-14(11)16)15(17-2)8-6-13-4-3-9-18-13/h5,7,10,13,15,17H,3-4,6,8-9H2,1-2H3. The summed E-state index contributed by atoms with van der Waals surface area (Å²) in [6, 6.07) is 5.65. The second-order valence-corrected chi connectivity index (χ2v) is 5.06. The molecule has 0 bridgehead atoms. The zero-order valence-corrected chi connectivity index (χ0v) is 11.2. The van der Waals surface area contributed by atoms with Crippen LogP contribution in [0.4, 0.5) is 4.39 Å².